The van der Waals surface area contributed by atoms with Crippen molar-refractivity contribution in [3.8, 4) is 35.2 Å². The fraction of sp³-hybridized carbons (Fsp3) is 0. The molecule has 9 heteroatoms. The van der Waals surface area contributed by atoms with Crippen LogP contribution in [0.3, 0.4) is 0 Å². The number of aromatic nitrogens is 1. The number of fused-ring (bicyclic) bond motifs is 4. The number of benzene rings is 2. The number of hydrogen-bond acceptors (Lipinski definition) is 5. The van der Waals surface area contributed by atoms with Gasteiger partial charge in [0, 0.05) is 51.3 Å². The van der Waals surface area contributed by atoms with Crippen LogP contribution in [0.15, 0.2) is 53.8 Å². The van der Waals surface area contributed by atoms with E-state index in [2.05, 4.69) is 4.98 Å². The van der Waals surface area contributed by atoms with E-state index in [1.807, 2.05) is 0 Å². The lowest BCUT2D eigenvalue weighted by molar-refractivity contribution is 0.407. The second kappa shape index (κ2) is 7.69. The predicted molar refractivity (Wildman–Crippen MR) is 115 cm³/mol. The summed E-state index contributed by atoms with van der Waals surface area (Å²) in [5, 5.41) is 39.3. The summed E-state index contributed by atoms with van der Waals surface area (Å²) in [6, 6.07) is 12.5. The molecule has 1 aromatic heterocycles. The maximum Gasteiger partial charge on any atom is 0.198 e. The molecule has 0 atom stereocenters. The topological polar surface area (TPSA) is 104 Å². The molecule has 0 spiro atoms. The molecule has 0 saturated carbocycles. The Bertz CT molecular complexity index is 1710. The minimum Gasteiger partial charge on any atom is -0.507 e. The van der Waals surface area contributed by atoms with Gasteiger partial charge in [0.25, 0.3) is 0 Å². The number of rotatable bonds is 0. The highest BCUT2D eigenvalue weighted by molar-refractivity contribution is 6.20. The van der Waals surface area contributed by atoms with Crippen molar-refractivity contribution in [3.63, 3.8) is 0 Å². The van der Waals surface area contributed by atoms with E-state index in [1.165, 1.54) is 18.3 Å². The number of phenols is 1. The van der Waals surface area contributed by atoms with Gasteiger partial charge in [-0.05, 0) is 17.7 Å². The first-order valence-corrected chi connectivity index (χ1v) is 9.91. The summed E-state index contributed by atoms with van der Waals surface area (Å²) < 4.78 is 58.8. The lowest BCUT2D eigenvalue weighted by atomic mass is 9.89. The Kier molecular flexibility index (Phi) is 4.75. The van der Waals surface area contributed by atoms with E-state index in [9.17, 15) is 29.7 Å². The summed E-state index contributed by atoms with van der Waals surface area (Å²) in [7, 11) is 0. The molecular formula is C26H8F4N4O. The van der Waals surface area contributed by atoms with Gasteiger partial charge in [0.15, 0.2) is 23.3 Å². The monoisotopic (exact) mass is 468 g/mol. The van der Waals surface area contributed by atoms with Crippen LogP contribution in [0.1, 0.15) is 22.3 Å². The fourth-order valence-electron chi connectivity index (χ4n) is 4.58. The average Bonchev–Trinajstić information content (AvgIpc) is 3.36. The number of pyridine rings is 1. The Morgan fingerprint density at radius 2 is 1.46 bits per heavy atom. The molecule has 0 amide bonds. The number of allylic oxidation sites excluding steroid dienone is 5. The summed E-state index contributed by atoms with van der Waals surface area (Å²) in [6.07, 6.45) is 2.26. The van der Waals surface area contributed by atoms with E-state index in [1.54, 1.807) is 36.4 Å². The van der Waals surface area contributed by atoms with Gasteiger partial charge >= 0.3 is 0 Å². The van der Waals surface area contributed by atoms with Gasteiger partial charge in [-0.1, -0.05) is 18.2 Å². The molecule has 0 fully saturated rings. The van der Waals surface area contributed by atoms with Crippen LogP contribution in [0.4, 0.5) is 17.6 Å². The van der Waals surface area contributed by atoms with Gasteiger partial charge in [-0.25, -0.2) is 17.6 Å². The maximum atomic E-state index is 15.1. The Labute approximate surface area is 195 Å². The highest BCUT2D eigenvalue weighted by atomic mass is 19.2. The molecule has 2 aromatic carbocycles. The minimum absolute atomic E-state index is 0.166. The zero-order chi connectivity index (χ0) is 25.0. The Hall–Kier alpha value is -5.20. The van der Waals surface area contributed by atoms with Gasteiger partial charge < -0.3 is 5.11 Å². The van der Waals surface area contributed by atoms with E-state index >= 15 is 8.78 Å². The normalized spacial score (nSPS) is 16.3. The van der Waals surface area contributed by atoms with E-state index in [-0.39, 0.29) is 28.0 Å². The van der Waals surface area contributed by atoms with Crippen molar-refractivity contribution >= 4 is 16.7 Å². The standard InChI is InChI=1S/C26H8F4N4O/c27-22-20-13(6-7-31)19(16(11(9-32)10-33)21(20)23(28)25(30)24(22)29)17-12-3-1-5-15(35)18(12)26-14(17)4-2-8-34-26/h1-6,8,35H/b13-6?,19-17+. The van der Waals surface area contributed by atoms with Gasteiger partial charge in [0.1, 0.15) is 23.5 Å². The van der Waals surface area contributed by atoms with Gasteiger partial charge in [0.2, 0.25) is 0 Å². The molecule has 1 heterocycles. The first-order valence-electron chi connectivity index (χ1n) is 9.91. The third kappa shape index (κ3) is 2.75. The van der Waals surface area contributed by atoms with Crippen LogP contribution in [-0.2, 0) is 0 Å². The lowest BCUT2D eigenvalue weighted by Gasteiger charge is -2.12. The van der Waals surface area contributed by atoms with Crippen molar-refractivity contribution in [3.05, 3.63) is 99.3 Å². The van der Waals surface area contributed by atoms with Crippen LogP contribution < -0.4 is 0 Å². The van der Waals surface area contributed by atoms with Crippen LogP contribution in [0.2, 0.25) is 0 Å². The van der Waals surface area contributed by atoms with Gasteiger partial charge in [-0.2, -0.15) is 15.8 Å². The van der Waals surface area contributed by atoms with Gasteiger partial charge in [-0.3, -0.25) is 4.98 Å². The summed E-state index contributed by atoms with van der Waals surface area (Å²) in [5.41, 5.74) is -1.95. The van der Waals surface area contributed by atoms with Crippen molar-refractivity contribution in [2.45, 2.75) is 0 Å². The number of hydrogen-bond donors (Lipinski definition) is 1. The summed E-state index contributed by atoms with van der Waals surface area (Å²) in [5.74, 6) is -7.97. The van der Waals surface area contributed by atoms with Crippen LogP contribution in [0.5, 0.6) is 5.75 Å². The summed E-state index contributed by atoms with van der Waals surface area (Å²) in [4.78, 5) is 4.28. The molecule has 0 unspecified atom stereocenters. The van der Waals surface area contributed by atoms with E-state index in [0.717, 1.165) is 6.08 Å². The molecule has 5 nitrogen and oxygen atoms in total. The first kappa shape index (κ1) is 21.6. The molecular weight excluding hydrogens is 460 g/mol. The third-order valence-corrected chi connectivity index (χ3v) is 5.86. The third-order valence-electron chi connectivity index (χ3n) is 5.86. The van der Waals surface area contributed by atoms with Crippen molar-refractivity contribution in [2.75, 3.05) is 0 Å². The van der Waals surface area contributed by atoms with Crippen molar-refractivity contribution in [2.24, 2.45) is 0 Å². The molecule has 2 aliphatic rings. The van der Waals surface area contributed by atoms with Crippen molar-refractivity contribution in [1.82, 2.24) is 4.98 Å². The van der Waals surface area contributed by atoms with Crippen molar-refractivity contribution in [1.29, 1.82) is 15.8 Å². The number of aromatic hydroxyl groups is 1. The quantitative estimate of drug-likeness (QED) is 0.158. The number of phenolic OH excluding ortho intramolecular Hbond substituents is 1. The highest BCUT2D eigenvalue weighted by Crippen LogP contribution is 2.57. The summed E-state index contributed by atoms with van der Waals surface area (Å²) >= 11 is 0. The maximum absolute atomic E-state index is 15.1. The van der Waals surface area contributed by atoms with Crippen LogP contribution in [-0.4, -0.2) is 10.1 Å². The van der Waals surface area contributed by atoms with Crippen molar-refractivity contribution < 1.29 is 22.7 Å². The molecule has 5 rings (SSSR count). The molecule has 35 heavy (non-hydrogen) atoms. The van der Waals surface area contributed by atoms with Crippen LogP contribution in [0, 0.1) is 57.3 Å². The number of halogens is 4. The predicted octanol–water partition coefficient (Wildman–Crippen LogP) is 5.55. The summed E-state index contributed by atoms with van der Waals surface area (Å²) in [6.45, 7) is 0. The molecule has 1 N–H and O–H groups in total. The molecule has 166 valence electrons. The zero-order valence-corrected chi connectivity index (χ0v) is 17.3. The van der Waals surface area contributed by atoms with E-state index in [4.69, 9.17) is 0 Å². The van der Waals surface area contributed by atoms with Gasteiger partial charge in [0.05, 0.1) is 17.3 Å². The fourth-order valence-corrected chi connectivity index (χ4v) is 4.58. The Morgan fingerprint density at radius 3 is 2.11 bits per heavy atom. The Balaban J connectivity index is 2.10. The second-order valence-corrected chi connectivity index (χ2v) is 7.52. The van der Waals surface area contributed by atoms with Crippen LogP contribution in [0.25, 0.3) is 28.0 Å². The zero-order valence-electron chi connectivity index (χ0n) is 17.3. The molecule has 2 aliphatic carbocycles. The van der Waals surface area contributed by atoms with Crippen LogP contribution >= 0.6 is 0 Å². The number of nitriles is 3. The van der Waals surface area contributed by atoms with E-state index < -0.39 is 45.5 Å². The lowest BCUT2D eigenvalue weighted by Crippen LogP contribution is -2.03. The number of nitrogens with zero attached hydrogens (tertiary/aromatic N) is 4. The Morgan fingerprint density at radius 1 is 0.800 bits per heavy atom. The second-order valence-electron chi connectivity index (χ2n) is 7.52. The highest BCUT2D eigenvalue weighted by Gasteiger charge is 2.42. The molecule has 0 saturated heterocycles. The smallest absolute Gasteiger partial charge is 0.198 e. The molecule has 0 radical (unpaired) electrons. The average molecular weight is 468 g/mol. The van der Waals surface area contributed by atoms with Gasteiger partial charge in [-0.15, -0.1) is 0 Å². The first-order chi connectivity index (χ1) is 16.9. The largest absolute Gasteiger partial charge is 0.507 e. The molecule has 0 bridgehead atoms. The van der Waals surface area contributed by atoms with E-state index in [0.29, 0.717) is 16.8 Å². The molecule has 3 aromatic rings. The SMILES string of the molecule is N#CC=C1/C(=C2\c3cccnc3-c3c(O)cccc32)C(=C(C#N)C#N)c2c(F)c(F)c(F)c(F)c21. The minimum atomic E-state index is -2.12. The molecule has 0 aliphatic heterocycles.